The summed E-state index contributed by atoms with van der Waals surface area (Å²) in [7, 11) is 1.63. The summed E-state index contributed by atoms with van der Waals surface area (Å²) in [5.74, 6) is 0.563. The van der Waals surface area contributed by atoms with E-state index in [2.05, 4.69) is 0 Å². The van der Waals surface area contributed by atoms with Gasteiger partial charge in [-0.05, 0) is 19.1 Å². The van der Waals surface area contributed by atoms with Crippen LogP contribution in [0.4, 0.5) is 5.69 Å². The van der Waals surface area contributed by atoms with Gasteiger partial charge >= 0.3 is 0 Å². The van der Waals surface area contributed by atoms with Crippen LogP contribution in [0.5, 0.6) is 5.75 Å². The molecule has 1 rings (SSSR count). The van der Waals surface area contributed by atoms with Gasteiger partial charge in [0.15, 0.2) is 5.78 Å². The van der Waals surface area contributed by atoms with Gasteiger partial charge in [-0.2, -0.15) is 0 Å². The zero-order chi connectivity index (χ0) is 15.5. The van der Waals surface area contributed by atoms with Crippen molar-refractivity contribution in [1.29, 1.82) is 0 Å². The van der Waals surface area contributed by atoms with E-state index in [4.69, 9.17) is 24.7 Å². The summed E-state index contributed by atoms with van der Waals surface area (Å²) in [4.78, 5) is 11.2. The Bertz CT molecular complexity index is 436. The molecule has 0 heterocycles. The van der Waals surface area contributed by atoms with Crippen LogP contribution in [0.1, 0.15) is 17.3 Å². The first-order valence-electron chi connectivity index (χ1n) is 6.83. The number of carbonyl (C=O) groups is 1. The lowest BCUT2D eigenvalue weighted by Crippen LogP contribution is -2.12. The van der Waals surface area contributed by atoms with E-state index < -0.39 is 0 Å². The highest BCUT2D eigenvalue weighted by molar-refractivity contribution is 5.99. The maximum absolute atomic E-state index is 11.2. The van der Waals surface area contributed by atoms with E-state index >= 15 is 0 Å². The Morgan fingerprint density at radius 2 is 1.67 bits per heavy atom. The first-order chi connectivity index (χ1) is 10.1. The van der Waals surface area contributed by atoms with Crippen LogP contribution in [-0.2, 0) is 14.2 Å². The lowest BCUT2D eigenvalue weighted by molar-refractivity contribution is 0.0180. The molecule has 0 aliphatic carbocycles. The van der Waals surface area contributed by atoms with Gasteiger partial charge in [0.1, 0.15) is 12.4 Å². The molecule has 6 heteroatoms. The van der Waals surface area contributed by atoms with Gasteiger partial charge < -0.3 is 24.7 Å². The maximum atomic E-state index is 11.2. The number of ketones is 1. The summed E-state index contributed by atoms with van der Waals surface area (Å²) in [6.07, 6.45) is 0. The van der Waals surface area contributed by atoms with E-state index in [9.17, 15) is 4.79 Å². The van der Waals surface area contributed by atoms with Crippen molar-refractivity contribution >= 4 is 11.5 Å². The van der Waals surface area contributed by atoms with E-state index in [1.807, 2.05) is 0 Å². The third-order valence-electron chi connectivity index (χ3n) is 2.70. The molecule has 0 amide bonds. The molecule has 0 aromatic heterocycles. The lowest BCUT2D eigenvalue weighted by atomic mass is 10.1. The van der Waals surface area contributed by atoms with Crippen LogP contribution < -0.4 is 10.5 Å². The van der Waals surface area contributed by atoms with Crippen molar-refractivity contribution in [2.75, 3.05) is 52.5 Å². The number of benzene rings is 1. The summed E-state index contributed by atoms with van der Waals surface area (Å²) in [6, 6.07) is 5.03. The van der Waals surface area contributed by atoms with Crippen LogP contribution in [0.3, 0.4) is 0 Å². The largest absolute Gasteiger partial charge is 0.491 e. The van der Waals surface area contributed by atoms with E-state index in [1.54, 1.807) is 25.3 Å². The summed E-state index contributed by atoms with van der Waals surface area (Å²) in [5.41, 5.74) is 6.70. The molecular weight excluding hydrogens is 274 g/mol. The molecular formula is C15H23NO5. The Kier molecular flexibility index (Phi) is 8.42. The second-order valence-electron chi connectivity index (χ2n) is 4.37. The minimum absolute atomic E-state index is 0.0594. The van der Waals surface area contributed by atoms with E-state index in [-0.39, 0.29) is 5.78 Å². The summed E-state index contributed by atoms with van der Waals surface area (Å²) < 4.78 is 20.9. The third kappa shape index (κ3) is 7.08. The van der Waals surface area contributed by atoms with Gasteiger partial charge in [-0.25, -0.2) is 0 Å². The minimum Gasteiger partial charge on any atom is -0.491 e. The summed E-state index contributed by atoms with van der Waals surface area (Å²) in [6.45, 7) is 4.55. The average Bonchev–Trinajstić information content (AvgIpc) is 2.45. The van der Waals surface area contributed by atoms with E-state index in [1.165, 1.54) is 6.92 Å². The van der Waals surface area contributed by atoms with Crippen molar-refractivity contribution in [1.82, 2.24) is 0 Å². The molecule has 6 nitrogen and oxygen atoms in total. The minimum atomic E-state index is -0.0594. The molecule has 0 unspecified atom stereocenters. The normalized spacial score (nSPS) is 10.6. The van der Waals surface area contributed by atoms with Crippen molar-refractivity contribution in [3.05, 3.63) is 23.8 Å². The smallest absolute Gasteiger partial charge is 0.161 e. The molecule has 0 aliphatic heterocycles. The van der Waals surface area contributed by atoms with Crippen LogP contribution in [0.2, 0.25) is 0 Å². The van der Waals surface area contributed by atoms with Gasteiger partial charge in [-0.3, -0.25) is 4.79 Å². The molecule has 0 atom stereocenters. The predicted molar refractivity (Wildman–Crippen MR) is 79.9 cm³/mol. The molecule has 0 saturated heterocycles. The Hall–Kier alpha value is -1.63. The Balaban J connectivity index is 2.13. The Morgan fingerprint density at radius 3 is 2.24 bits per heavy atom. The fourth-order valence-electron chi connectivity index (χ4n) is 1.63. The van der Waals surface area contributed by atoms with Crippen molar-refractivity contribution in [2.45, 2.75) is 6.92 Å². The molecule has 0 saturated carbocycles. The van der Waals surface area contributed by atoms with E-state index in [0.29, 0.717) is 56.6 Å². The van der Waals surface area contributed by atoms with Crippen molar-refractivity contribution in [3.8, 4) is 5.75 Å². The quantitative estimate of drug-likeness (QED) is 0.379. The van der Waals surface area contributed by atoms with Gasteiger partial charge in [0.05, 0.1) is 33.0 Å². The first-order valence-corrected chi connectivity index (χ1v) is 6.83. The molecule has 0 aliphatic rings. The topological polar surface area (TPSA) is 80.0 Å². The molecule has 0 radical (unpaired) electrons. The first kappa shape index (κ1) is 17.4. The number of hydrogen-bond donors (Lipinski definition) is 1. The van der Waals surface area contributed by atoms with Crippen LogP contribution in [0, 0.1) is 0 Å². The summed E-state index contributed by atoms with van der Waals surface area (Å²) in [5, 5.41) is 0. The molecule has 21 heavy (non-hydrogen) atoms. The molecule has 118 valence electrons. The van der Waals surface area contributed by atoms with Crippen molar-refractivity contribution < 1.29 is 23.7 Å². The monoisotopic (exact) mass is 297 g/mol. The van der Waals surface area contributed by atoms with E-state index in [0.717, 1.165) is 0 Å². The third-order valence-corrected chi connectivity index (χ3v) is 2.70. The van der Waals surface area contributed by atoms with Crippen molar-refractivity contribution in [2.24, 2.45) is 0 Å². The highest BCUT2D eigenvalue weighted by atomic mass is 16.6. The van der Waals surface area contributed by atoms with Gasteiger partial charge in [-0.15, -0.1) is 0 Å². The number of rotatable bonds is 11. The van der Waals surface area contributed by atoms with Gasteiger partial charge in [-0.1, -0.05) is 0 Å². The zero-order valence-electron chi connectivity index (χ0n) is 12.6. The number of methoxy groups -OCH3 is 1. The fraction of sp³-hybridized carbons (Fsp3) is 0.533. The molecule has 1 aromatic rings. The second-order valence-corrected chi connectivity index (χ2v) is 4.37. The summed E-state index contributed by atoms with van der Waals surface area (Å²) >= 11 is 0. The standard InChI is InChI=1S/C15H23NO5/c1-12(17)14-4-3-13(11-15(14)16)21-10-9-20-8-7-19-6-5-18-2/h3-4,11H,5-10,16H2,1-2H3. The SMILES string of the molecule is COCCOCCOCCOc1ccc(C(C)=O)c(N)c1. The number of ether oxygens (including phenoxy) is 4. The number of Topliss-reactive ketones (excluding diaryl/α,β-unsaturated/α-hetero) is 1. The highest BCUT2D eigenvalue weighted by Crippen LogP contribution is 2.20. The predicted octanol–water partition coefficient (Wildman–Crippen LogP) is 1.53. The number of nitrogens with two attached hydrogens (primary N) is 1. The Morgan fingerprint density at radius 1 is 1.05 bits per heavy atom. The molecule has 0 bridgehead atoms. The van der Waals surface area contributed by atoms with Crippen LogP contribution in [-0.4, -0.2) is 52.5 Å². The number of anilines is 1. The number of nitrogen functional groups attached to an aromatic ring is 1. The number of carbonyl (C=O) groups excluding carboxylic acids is 1. The molecule has 0 fully saturated rings. The second kappa shape index (κ2) is 10.1. The molecule has 2 N–H and O–H groups in total. The van der Waals surface area contributed by atoms with Crippen LogP contribution in [0.15, 0.2) is 18.2 Å². The lowest BCUT2D eigenvalue weighted by Gasteiger charge is -2.09. The highest BCUT2D eigenvalue weighted by Gasteiger charge is 2.05. The van der Waals surface area contributed by atoms with Crippen LogP contribution in [0.25, 0.3) is 0 Å². The Labute approximate surface area is 125 Å². The van der Waals surface area contributed by atoms with Gasteiger partial charge in [0, 0.05) is 24.4 Å². The van der Waals surface area contributed by atoms with Crippen molar-refractivity contribution in [3.63, 3.8) is 0 Å². The van der Waals surface area contributed by atoms with Gasteiger partial charge in [0.25, 0.3) is 0 Å². The maximum Gasteiger partial charge on any atom is 0.161 e. The molecule has 1 aromatic carbocycles. The molecule has 0 spiro atoms. The zero-order valence-corrected chi connectivity index (χ0v) is 12.6. The number of hydrogen-bond acceptors (Lipinski definition) is 6. The van der Waals surface area contributed by atoms with Gasteiger partial charge in [0.2, 0.25) is 0 Å². The van der Waals surface area contributed by atoms with Crippen LogP contribution >= 0.6 is 0 Å². The average molecular weight is 297 g/mol. The fourth-order valence-corrected chi connectivity index (χ4v) is 1.63.